The van der Waals surface area contributed by atoms with Crippen LogP contribution in [0.1, 0.15) is 11.8 Å². The van der Waals surface area contributed by atoms with Crippen molar-refractivity contribution < 1.29 is 19.7 Å². The molecule has 0 bridgehead atoms. The van der Waals surface area contributed by atoms with Gasteiger partial charge in [-0.1, -0.05) is 28.1 Å². The van der Waals surface area contributed by atoms with E-state index in [1.54, 1.807) is 0 Å². The second kappa shape index (κ2) is 7.49. The second-order valence-electron chi connectivity index (χ2n) is 6.27. The molecule has 1 saturated heterocycles. The molecule has 3 heterocycles. The predicted molar refractivity (Wildman–Crippen MR) is 99.5 cm³/mol. The highest BCUT2D eigenvalue weighted by molar-refractivity contribution is 9.10. The molecule has 4 atom stereocenters. The number of rotatable bonds is 5. The van der Waals surface area contributed by atoms with Crippen LogP contribution in [-0.2, 0) is 16.1 Å². The molecule has 4 rings (SSSR count). The first-order valence-electron chi connectivity index (χ1n) is 8.31. The first-order valence-corrected chi connectivity index (χ1v) is 9.10. The smallest absolute Gasteiger partial charge is 0.167 e. The highest BCUT2D eigenvalue weighted by atomic mass is 79.9. The van der Waals surface area contributed by atoms with E-state index in [-0.39, 0.29) is 12.4 Å². The molecule has 1 aromatic carbocycles. The lowest BCUT2D eigenvalue weighted by atomic mass is 10.1. The quantitative estimate of drug-likeness (QED) is 0.541. The number of hydrogen-bond acceptors (Lipinski definition) is 8. The van der Waals surface area contributed by atoms with Crippen LogP contribution in [-0.4, -0.2) is 54.7 Å². The Balaban J connectivity index is 1.44. The number of fused-ring (bicyclic) bond motifs is 1. The van der Waals surface area contributed by atoms with Crippen molar-refractivity contribution in [1.29, 1.82) is 0 Å². The zero-order valence-corrected chi connectivity index (χ0v) is 15.7. The number of benzene rings is 1. The number of imidazole rings is 1. The fourth-order valence-corrected chi connectivity index (χ4v) is 3.29. The summed E-state index contributed by atoms with van der Waals surface area (Å²) in [5.41, 5.74) is 7.62. The van der Waals surface area contributed by atoms with Crippen molar-refractivity contribution in [1.82, 2.24) is 19.5 Å². The maximum Gasteiger partial charge on any atom is 0.167 e. The Morgan fingerprint density at radius 3 is 2.70 bits per heavy atom. The lowest BCUT2D eigenvalue weighted by molar-refractivity contribution is -0.0682. The van der Waals surface area contributed by atoms with Gasteiger partial charge in [0.25, 0.3) is 0 Å². The van der Waals surface area contributed by atoms with Gasteiger partial charge in [0.2, 0.25) is 0 Å². The lowest BCUT2D eigenvalue weighted by Gasteiger charge is -2.16. The second-order valence-corrected chi connectivity index (χ2v) is 7.19. The highest BCUT2D eigenvalue weighted by Crippen LogP contribution is 2.32. The summed E-state index contributed by atoms with van der Waals surface area (Å²) in [6.45, 7) is 0.507. The summed E-state index contributed by atoms with van der Waals surface area (Å²) < 4.78 is 14.0. The summed E-state index contributed by atoms with van der Waals surface area (Å²) in [4.78, 5) is 12.2. The van der Waals surface area contributed by atoms with E-state index in [0.29, 0.717) is 17.8 Å². The minimum absolute atomic E-state index is 0.133. The number of nitrogens with zero attached hydrogens (tertiary/aromatic N) is 4. The fourth-order valence-electron chi connectivity index (χ4n) is 3.03. The van der Waals surface area contributed by atoms with Crippen LogP contribution in [0.4, 0.5) is 5.82 Å². The van der Waals surface area contributed by atoms with Crippen LogP contribution in [0.15, 0.2) is 41.4 Å². The molecule has 0 saturated carbocycles. The molecule has 0 unspecified atom stereocenters. The van der Waals surface area contributed by atoms with Crippen molar-refractivity contribution in [2.75, 3.05) is 12.3 Å². The number of anilines is 1. The van der Waals surface area contributed by atoms with Crippen molar-refractivity contribution >= 4 is 32.9 Å². The standard InChI is InChI=1S/C17H18BrN5O4/c18-10-3-1-9(2-4-10)5-26-6-11-13(24)14(25)17(27-11)23-8-22-12-15(19)20-7-21-16(12)23/h1-4,7-8,11,13-14,17,24-25H,5-6H2,(H2,19,20,21)/t11-,13-,14-,17-/m1/s1. The van der Waals surface area contributed by atoms with Crippen molar-refractivity contribution in [3.05, 3.63) is 47.0 Å². The number of halogens is 1. The SMILES string of the molecule is Nc1ncnc2c1ncn2[C@@H]1O[C@H](COCc2ccc(Br)cc2)[C@@H](O)[C@H]1O. The largest absolute Gasteiger partial charge is 0.387 e. The maximum absolute atomic E-state index is 10.4. The van der Waals surface area contributed by atoms with Crippen LogP contribution < -0.4 is 5.73 Å². The van der Waals surface area contributed by atoms with Crippen LogP contribution in [0.3, 0.4) is 0 Å². The average molecular weight is 436 g/mol. The van der Waals surface area contributed by atoms with E-state index >= 15 is 0 Å². The van der Waals surface area contributed by atoms with Crippen LogP contribution >= 0.6 is 15.9 Å². The summed E-state index contributed by atoms with van der Waals surface area (Å²) in [5, 5.41) is 20.8. The molecule has 0 radical (unpaired) electrons. The van der Waals surface area contributed by atoms with E-state index in [0.717, 1.165) is 10.0 Å². The zero-order valence-electron chi connectivity index (χ0n) is 14.1. The van der Waals surface area contributed by atoms with Gasteiger partial charge in [0.15, 0.2) is 17.7 Å². The van der Waals surface area contributed by atoms with Crippen molar-refractivity contribution in [3.63, 3.8) is 0 Å². The molecule has 2 aromatic heterocycles. The molecule has 0 aliphatic carbocycles. The normalized spacial score (nSPS) is 25.3. The summed E-state index contributed by atoms with van der Waals surface area (Å²) in [5.74, 6) is 0.237. The first kappa shape index (κ1) is 18.3. The molecular weight excluding hydrogens is 418 g/mol. The minimum Gasteiger partial charge on any atom is -0.387 e. The van der Waals surface area contributed by atoms with Gasteiger partial charge < -0.3 is 25.4 Å². The number of nitrogen functional groups attached to an aromatic ring is 1. The van der Waals surface area contributed by atoms with Crippen molar-refractivity contribution in [2.45, 2.75) is 31.1 Å². The Labute approximate surface area is 162 Å². The zero-order chi connectivity index (χ0) is 19.0. The number of aromatic nitrogens is 4. The summed E-state index contributed by atoms with van der Waals surface area (Å²) in [6, 6.07) is 7.74. The molecule has 1 fully saturated rings. The Hall–Kier alpha value is -2.11. The van der Waals surface area contributed by atoms with Crippen molar-refractivity contribution in [3.8, 4) is 0 Å². The van der Waals surface area contributed by atoms with Crippen LogP contribution in [0.2, 0.25) is 0 Å². The molecule has 0 spiro atoms. The third kappa shape index (κ3) is 3.54. The Kier molecular flexibility index (Phi) is 5.06. The van der Waals surface area contributed by atoms with Crippen LogP contribution in [0, 0.1) is 0 Å². The van der Waals surface area contributed by atoms with Gasteiger partial charge in [-0.25, -0.2) is 15.0 Å². The minimum atomic E-state index is -1.15. The Bertz CT molecular complexity index is 935. The molecule has 10 heteroatoms. The molecule has 1 aliphatic heterocycles. The molecule has 4 N–H and O–H groups in total. The van der Waals surface area contributed by atoms with Crippen molar-refractivity contribution in [2.24, 2.45) is 0 Å². The fraction of sp³-hybridized carbons (Fsp3) is 0.353. The number of aliphatic hydroxyl groups is 2. The molecule has 1 aliphatic rings. The molecule has 142 valence electrons. The number of nitrogens with two attached hydrogens (primary N) is 1. The van der Waals surface area contributed by atoms with E-state index in [1.165, 1.54) is 17.2 Å². The lowest BCUT2D eigenvalue weighted by Crippen LogP contribution is -2.33. The van der Waals surface area contributed by atoms with Gasteiger partial charge in [0.1, 0.15) is 30.2 Å². The Morgan fingerprint density at radius 1 is 1.15 bits per heavy atom. The van der Waals surface area contributed by atoms with Gasteiger partial charge in [0, 0.05) is 4.47 Å². The molecule has 27 heavy (non-hydrogen) atoms. The van der Waals surface area contributed by atoms with Gasteiger partial charge in [0.05, 0.1) is 19.5 Å². The number of hydrogen-bond donors (Lipinski definition) is 3. The summed E-state index contributed by atoms with van der Waals surface area (Å²) >= 11 is 3.38. The van der Waals surface area contributed by atoms with E-state index in [4.69, 9.17) is 15.2 Å². The summed E-state index contributed by atoms with van der Waals surface area (Å²) in [7, 11) is 0. The average Bonchev–Trinajstić information content (AvgIpc) is 3.21. The molecule has 0 amide bonds. The highest BCUT2D eigenvalue weighted by Gasteiger charge is 2.44. The van der Waals surface area contributed by atoms with Gasteiger partial charge in [-0.2, -0.15) is 0 Å². The molecule has 9 nitrogen and oxygen atoms in total. The maximum atomic E-state index is 10.4. The van der Waals surface area contributed by atoms with Gasteiger partial charge in [-0.05, 0) is 17.7 Å². The van der Waals surface area contributed by atoms with Gasteiger partial charge >= 0.3 is 0 Å². The first-order chi connectivity index (χ1) is 13.0. The Morgan fingerprint density at radius 2 is 1.93 bits per heavy atom. The third-order valence-corrected chi connectivity index (χ3v) is 4.99. The number of aliphatic hydroxyl groups excluding tert-OH is 2. The van der Waals surface area contributed by atoms with E-state index in [2.05, 4.69) is 30.9 Å². The van der Waals surface area contributed by atoms with Crippen LogP contribution in [0.5, 0.6) is 0 Å². The van der Waals surface area contributed by atoms with Crippen LogP contribution in [0.25, 0.3) is 11.2 Å². The molecular formula is C17H18BrN5O4. The van der Waals surface area contributed by atoms with Gasteiger partial charge in [-0.15, -0.1) is 0 Å². The monoisotopic (exact) mass is 435 g/mol. The topological polar surface area (TPSA) is 129 Å². The van der Waals surface area contributed by atoms with Gasteiger partial charge in [-0.3, -0.25) is 4.57 Å². The summed E-state index contributed by atoms with van der Waals surface area (Å²) in [6.07, 6.45) is -1.01. The number of ether oxygens (including phenoxy) is 2. The van der Waals surface area contributed by atoms with E-state index in [9.17, 15) is 10.2 Å². The predicted octanol–water partition coefficient (Wildman–Crippen LogP) is 1.01. The van der Waals surface area contributed by atoms with E-state index < -0.39 is 24.5 Å². The molecule has 3 aromatic rings. The van der Waals surface area contributed by atoms with E-state index in [1.807, 2.05) is 24.3 Å². The third-order valence-electron chi connectivity index (χ3n) is 4.46.